The number of rotatable bonds is 6. The van der Waals surface area contributed by atoms with Crippen molar-refractivity contribution in [2.24, 2.45) is 0 Å². The van der Waals surface area contributed by atoms with Crippen LogP contribution in [0.5, 0.6) is 0 Å². The summed E-state index contributed by atoms with van der Waals surface area (Å²) < 4.78 is 1.34. The van der Waals surface area contributed by atoms with E-state index in [1.54, 1.807) is 0 Å². The fourth-order valence-electron chi connectivity index (χ4n) is 10.6. The second-order valence-electron chi connectivity index (χ2n) is 16.4. The largest absolute Gasteiger partial charge is 0.310 e. The number of hydrogen-bond donors (Lipinski definition) is 0. The van der Waals surface area contributed by atoms with Crippen molar-refractivity contribution in [3.05, 3.63) is 245 Å². The maximum absolute atomic E-state index is 2.48. The van der Waals surface area contributed by atoms with Crippen LogP contribution >= 0.6 is 11.3 Å². The van der Waals surface area contributed by atoms with Gasteiger partial charge in [0.2, 0.25) is 0 Å². The summed E-state index contributed by atoms with van der Waals surface area (Å²) in [6.45, 7) is 4.54. The number of nitrogens with zero attached hydrogens (tertiary/aromatic N) is 1. The van der Waals surface area contributed by atoms with Crippen molar-refractivity contribution in [2.45, 2.75) is 19.3 Å². The van der Waals surface area contributed by atoms with E-state index < -0.39 is 5.41 Å². The Kier molecular flexibility index (Phi) is 8.13. The maximum Gasteiger partial charge on any atom is 0.0726 e. The van der Waals surface area contributed by atoms with Gasteiger partial charge in [0.25, 0.3) is 0 Å². The SMILES string of the molecule is Cc1sc2ccccc2c1-c1cccc(-c2ccc(N(c3ccc(-c4ccccc4)cc3)c3ccc4c(c3)C3(c5ccccc5-c5ccccc53)c3ccccc3-4)cc2)c1C. The van der Waals surface area contributed by atoms with Gasteiger partial charge in [-0.25, -0.2) is 0 Å². The Labute approximate surface area is 361 Å². The average Bonchev–Trinajstić information content (AvgIpc) is 3.92. The summed E-state index contributed by atoms with van der Waals surface area (Å²) in [7, 11) is 0. The van der Waals surface area contributed by atoms with E-state index in [9.17, 15) is 0 Å². The van der Waals surface area contributed by atoms with Crippen LogP contribution in [0.3, 0.4) is 0 Å². The van der Waals surface area contributed by atoms with E-state index in [-0.39, 0.29) is 0 Å². The minimum Gasteiger partial charge on any atom is -0.310 e. The average molecular weight is 796 g/mol. The van der Waals surface area contributed by atoms with Gasteiger partial charge in [0.1, 0.15) is 0 Å². The molecule has 1 heterocycles. The number of aryl methyl sites for hydroxylation is 1. The molecule has 1 spiro atoms. The Morgan fingerprint density at radius 2 is 0.836 bits per heavy atom. The van der Waals surface area contributed by atoms with Crippen molar-refractivity contribution in [2.75, 3.05) is 4.90 Å². The first-order valence-electron chi connectivity index (χ1n) is 21.2. The van der Waals surface area contributed by atoms with Crippen LogP contribution in [0.25, 0.3) is 65.7 Å². The number of fused-ring (bicyclic) bond motifs is 11. The molecular weight excluding hydrogens is 755 g/mol. The van der Waals surface area contributed by atoms with Gasteiger partial charge in [0, 0.05) is 37.6 Å². The zero-order valence-corrected chi connectivity index (χ0v) is 34.9. The maximum atomic E-state index is 2.48. The summed E-state index contributed by atoms with van der Waals surface area (Å²) in [6, 6.07) is 78.8. The molecule has 2 heteroatoms. The minimum absolute atomic E-state index is 0.420. The van der Waals surface area contributed by atoms with Crippen LogP contribution in [0.1, 0.15) is 32.7 Å². The summed E-state index contributed by atoms with van der Waals surface area (Å²) in [5, 5.41) is 1.33. The van der Waals surface area contributed by atoms with Crippen molar-refractivity contribution in [3.8, 4) is 55.6 Å². The molecule has 10 aromatic rings. The smallest absolute Gasteiger partial charge is 0.0726 e. The zero-order chi connectivity index (χ0) is 40.7. The van der Waals surface area contributed by atoms with E-state index in [1.165, 1.54) is 98.4 Å². The highest BCUT2D eigenvalue weighted by Crippen LogP contribution is 2.63. The first-order chi connectivity index (χ1) is 30.1. The molecule has 0 saturated carbocycles. The molecular formula is C59H41NS. The highest BCUT2D eigenvalue weighted by Gasteiger charge is 2.51. The van der Waals surface area contributed by atoms with Gasteiger partial charge in [-0.2, -0.15) is 0 Å². The van der Waals surface area contributed by atoms with E-state index in [4.69, 9.17) is 0 Å². The molecule has 2 aliphatic rings. The molecule has 1 aromatic heterocycles. The quantitative estimate of drug-likeness (QED) is 0.162. The first kappa shape index (κ1) is 35.7. The predicted octanol–water partition coefficient (Wildman–Crippen LogP) is 16.3. The molecule has 12 rings (SSSR count). The Balaban J connectivity index is 1.02. The lowest BCUT2D eigenvalue weighted by Gasteiger charge is -2.32. The topological polar surface area (TPSA) is 3.24 Å². The zero-order valence-electron chi connectivity index (χ0n) is 34.1. The fourth-order valence-corrected chi connectivity index (χ4v) is 11.7. The number of anilines is 3. The second kappa shape index (κ2) is 13.9. The highest BCUT2D eigenvalue weighted by molar-refractivity contribution is 7.19. The fraction of sp³-hybridized carbons (Fsp3) is 0.0508. The van der Waals surface area contributed by atoms with Crippen molar-refractivity contribution in [1.82, 2.24) is 0 Å². The van der Waals surface area contributed by atoms with Crippen LogP contribution in [0, 0.1) is 13.8 Å². The van der Waals surface area contributed by atoms with Crippen molar-refractivity contribution in [1.29, 1.82) is 0 Å². The molecule has 0 aliphatic heterocycles. The van der Waals surface area contributed by atoms with Gasteiger partial charge in [0.15, 0.2) is 0 Å². The molecule has 9 aromatic carbocycles. The monoisotopic (exact) mass is 795 g/mol. The minimum atomic E-state index is -0.420. The molecule has 0 bridgehead atoms. The van der Waals surface area contributed by atoms with Crippen LogP contribution in [0.15, 0.2) is 212 Å². The molecule has 288 valence electrons. The summed E-state index contributed by atoms with van der Waals surface area (Å²) in [5.74, 6) is 0. The Morgan fingerprint density at radius 3 is 1.48 bits per heavy atom. The van der Waals surface area contributed by atoms with E-state index in [0.717, 1.165) is 17.1 Å². The lowest BCUT2D eigenvalue weighted by atomic mass is 9.70. The predicted molar refractivity (Wildman–Crippen MR) is 259 cm³/mol. The van der Waals surface area contributed by atoms with E-state index >= 15 is 0 Å². The number of hydrogen-bond acceptors (Lipinski definition) is 2. The van der Waals surface area contributed by atoms with Gasteiger partial charge in [-0.15, -0.1) is 11.3 Å². The van der Waals surface area contributed by atoms with Gasteiger partial charge >= 0.3 is 0 Å². The second-order valence-corrected chi connectivity index (χ2v) is 17.7. The van der Waals surface area contributed by atoms with Crippen LogP contribution in [0.2, 0.25) is 0 Å². The summed E-state index contributed by atoms with van der Waals surface area (Å²) in [6.07, 6.45) is 0. The third kappa shape index (κ3) is 5.32. The number of thiophene rings is 1. The lowest BCUT2D eigenvalue weighted by molar-refractivity contribution is 0.793. The molecule has 0 amide bonds. The van der Waals surface area contributed by atoms with Gasteiger partial charge in [0.05, 0.1) is 5.41 Å². The first-order valence-corrected chi connectivity index (χ1v) is 22.0. The Morgan fingerprint density at radius 1 is 0.361 bits per heavy atom. The Bertz CT molecular complexity index is 3250. The molecule has 61 heavy (non-hydrogen) atoms. The molecule has 0 unspecified atom stereocenters. The van der Waals surface area contributed by atoms with Crippen LogP contribution in [-0.4, -0.2) is 0 Å². The summed E-state index contributed by atoms with van der Waals surface area (Å²) >= 11 is 1.88. The van der Waals surface area contributed by atoms with Crippen LogP contribution in [-0.2, 0) is 5.41 Å². The van der Waals surface area contributed by atoms with Gasteiger partial charge in [-0.05, 0) is 134 Å². The summed E-state index contributed by atoms with van der Waals surface area (Å²) in [5.41, 5.74) is 22.4. The lowest BCUT2D eigenvalue weighted by Crippen LogP contribution is -2.26. The molecule has 0 atom stereocenters. The molecule has 0 saturated heterocycles. The van der Waals surface area contributed by atoms with Crippen molar-refractivity contribution < 1.29 is 0 Å². The van der Waals surface area contributed by atoms with Gasteiger partial charge in [-0.3, -0.25) is 0 Å². The number of benzene rings is 9. The van der Waals surface area contributed by atoms with E-state index in [2.05, 4.69) is 231 Å². The third-order valence-corrected chi connectivity index (χ3v) is 14.4. The van der Waals surface area contributed by atoms with Crippen LogP contribution < -0.4 is 4.90 Å². The molecule has 0 fully saturated rings. The normalized spacial score (nSPS) is 12.9. The van der Waals surface area contributed by atoms with Gasteiger partial charge < -0.3 is 4.90 Å². The summed E-state index contributed by atoms with van der Waals surface area (Å²) in [4.78, 5) is 3.79. The van der Waals surface area contributed by atoms with E-state index in [0.29, 0.717) is 0 Å². The Hall–Kier alpha value is -7.26. The third-order valence-electron chi connectivity index (χ3n) is 13.3. The standard InChI is InChI=1S/C59H41NS/c1-38-46(21-14-22-47(38)58-39(2)61-57-26-13-9-20-52(57)58)42-29-33-44(34-30-42)60(43-31-27-41(28-32-43)40-15-4-3-5-16-40)45-35-36-51-50-19-8-12-25-55(50)59(56(51)37-45)53-23-10-6-17-48(53)49-18-7-11-24-54(49)59/h3-37H,1-2H3. The van der Waals surface area contributed by atoms with E-state index in [1.807, 2.05) is 11.3 Å². The molecule has 0 radical (unpaired) electrons. The van der Waals surface area contributed by atoms with Gasteiger partial charge in [-0.1, -0.05) is 170 Å². The van der Waals surface area contributed by atoms with Crippen LogP contribution in [0.4, 0.5) is 17.1 Å². The molecule has 1 nitrogen and oxygen atoms in total. The molecule has 2 aliphatic carbocycles. The highest BCUT2D eigenvalue weighted by atomic mass is 32.1. The van der Waals surface area contributed by atoms with Crippen molar-refractivity contribution in [3.63, 3.8) is 0 Å². The van der Waals surface area contributed by atoms with Crippen molar-refractivity contribution >= 4 is 38.5 Å². The molecule has 0 N–H and O–H groups in total.